The van der Waals surface area contributed by atoms with E-state index < -0.39 is 0 Å². The lowest BCUT2D eigenvalue weighted by atomic mass is 9.96. The SMILES string of the molecule is Cc1ccc(N(CCCN2[C@@H]3CC[C@@H]2CC(n2c(C)nc4ccccc42)C3)C(=O)NC2CCCCC2)cc1Cl. The highest BCUT2D eigenvalue weighted by Gasteiger charge is 2.41. The van der Waals surface area contributed by atoms with Crippen LogP contribution < -0.4 is 10.2 Å². The number of urea groups is 1. The van der Waals surface area contributed by atoms with Crippen molar-refractivity contribution in [3.63, 3.8) is 0 Å². The minimum atomic E-state index is 0.0194. The van der Waals surface area contributed by atoms with Crippen LogP contribution in [0.2, 0.25) is 5.02 Å². The Morgan fingerprint density at radius 1 is 1.00 bits per heavy atom. The maximum absolute atomic E-state index is 13.5. The van der Waals surface area contributed by atoms with Crippen LogP contribution in [0.25, 0.3) is 11.0 Å². The number of aromatic nitrogens is 2. The summed E-state index contributed by atoms with van der Waals surface area (Å²) in [5.74, 6) is 1.13. The van der Waals surface area contributed by atoms with E-state index in [9.17, 15) is 4.79 Å². The number of nitrogens with zero attached hydrogens (tertiary/aromatic N) is 4. The van der Waals surface area contributed by atoms with Gasteiger partial charge in [0.1, 0.15) is 5.82 Å². The Balaban J connectivity index is 1.12. The fourth-order valence-electron chi connectivity index (χ4n) is 7.46. The molecular formula is C32H42ClN5O. The molecule has 1 saturated carbocycles. The second kappa shape index (κ2) is 11.5. The first-order valence-electron chi connectivity index (χ1n) is 15.0. The molecule has 2 aromatic carbocycles. The number of aryl methyl sites for hydroxylation is 2. The largest absolute Gasteiger partial charge is 0.335 e. The number of para-hydroxylation sites is 2. The van der Waals surface area contributed by atoms with E-state index in [4.69, 9.17) is 16.6 Å². The van der Waals surface area contributed by atoms with Crippen LogP contribution in [0, 0.1) is 13.8 Å². The highest BCUT2D eigenvalue weighted by molar-refractivity contribution is 6.31. The number of nitrogens with one attached hydrogen (secondary N) is 1. The molecule has 1 aliphatic carbocycles. The third kappa shape index (κ3) is 5.55. The summed E-state index contributed by atoms with van der Waals surface area (Å²) in [6, 6.07) is 16.6. The number of fused-ring (bicyclic) bond motifs is 3. The third-order valence-electron chi connectivity index (χ3n) is 9.44. The first-order valence-corrected chi connectivity index (χ1v) is 15.4. The zero-order chi connectivity index (χ0) is 26.9. The van der Waals surface area contributed by atoms with Crippen LogP contribution in [0.4, 0.5) is 10.5 Å². The summed E-state index contributed by atoms with van der Waals surface area (Å²) in [6.45, 7) is 5.88. The van der Waals surface area contributed by atoms with Crippen LogP contribution >= 0.6 is 11.6 Å². The van der Waals surface area contributed by atoms with Crippen LogP contribution in [0.1, 0.15) is 81.6 Å². The fraction of sp³-hybridized carbons (Fsp3) is 0.562. The lowest BCUT2D eigenvalue weighted by molar-refractivity contribution is 0.107. The molecule has 7 heteroatoms. The first kappa shape index (κ1) is 26.6. The van der Waals surface area contributed by atoms with Crippen LogP contribution in [0.15, 0.2) is 42.5 Å². The molecule has 2 amide bonds. The molecule has 0 unspecified atom stereocenters. The number of carbonyl (C=O) groups is 1. The minimum absolute atomic E-state index is 0.0194. The lowest BCUT2D eigenvalue weighted by Gasteiger charge is -2.40. The van der Waals surface area contributed by atoms with Crippen molar-refractivity contribution in [2.75, 3.05) is 18.0 Å². The maximum Gasteiger partial charge on any atom is 0.322 e. The Hall–Kier alpha value is -2.57. The Morgan fingerprint density at radius 3 is 2.49 bits per heavy atom. The molecular weight excluding hydrogens is 506 g/mol. The Labute approximate surface area is 237 Å². The summed E-state index contributed by atoms with van der Waals surface area (Å²) < 4.78 is 2.50. The zero-order valence-corrected chi connectivity index (χ0v) is 24.2. The summed E-state index contributed by atoms with van der Waals surface area (Å²) in [6.07, 6.45) is 11.7. The zero-order valence-electron chi connectivity index (χ0n) is 23.4. The monoisotopic (exact) mass is 547 g/mol. The van der Waals surface area contributed by atoms with Crippen molar-refractivity contribution in [2.45, 2.75) is 102 Å². The maximum atomic E-state index is 13.5. The molecule has 6 rings (SSSR count). The van der Waals surface area contributed by atoms with Gasteiger partial charge in [-0.1, -0.05) is 49.1 Å². The molecule has 2 aliphatic heterocycles. The number of hydrogen-bond acceptors (Lipinski definition) is 3. The second-order valence-corrected chi connectivity index (χ2v) is 12.4. The van der Waals surface area contributed by atoms with Crippen molar-refractivity contribution < 1.29 is 4.79 Å². The van der Waals surface area contributed by atoms with Crippen LogP contribution in [0.5, 0.6) is 0 Å². The van der Waals surface area contributed by atoms with Gasteiger partial charge in [0.25, 0.3) is 0 Å². The predicted octanol–water partition coefficient (Wildman–Crippen LogP) is 7.41. The van der Waals surface area contributed by atoms with Gasteiger partial charge in [-0.2, -0.15) is 0 Å². The van der Waals surface area contributed by atoms with E-state index in [2.05, 4.69) is 46.0 Å². The molecule has 3 aliphatic rings. The minimum Gasteiger partial charge on any atom is -0.335 e. The summed E-state index contributed by atoms with van der Waals surface area (Å²) in [4.78, 5) is 23.0. The standard InChI is InChI=1S/C32H42ClN5O/c1-22-13-14-27(21-29(22)33)37(32(39)35-24-9-4-3-5-10-24)18-8-17-36-25-15-16-26(36)20-28(19-25)38-23(2)34-30-11-6-7-12-31(30)38/h6-7,11-14,21,24-26,28H,3-5,8-10,15-20H2,1-2H3,(H,35,39)/t25-,26-/m1/s1. The molecule has 0 spiro atoms. The highest BCUT2D eigenvalue weighted by atomic mass is 35.5. The third-order valence-corrected chi connectivity index (χ3v) is 9.85. The molecule has 39 heavy (non-hydrogen) atoms. The van der Waals surface area contributed by atoms with Gasteiger partial charge in [0, 0.05) is 48.0 Å². The van der Waals surface area contributed by atoms with Crippen molar-refractivity contribution in [3.05, 3.63) is 58.9 Å². The van der Waals surface area contributed by atoms with E-state index in [-0.39, 0.29) is 12.1 Å². The van der Waals surface area contributed by atoms with Gasteiger partial charge in [0.2, 0.25) is 0 Å². The van der Waals surface area contributed by atoms with Gasteiger partial charge in [-0.15, -0.1) is 0 Å². The van der Waals surface area contributed by atoms with E-state index in [1.54, 1.807) is 0 Å². The molecule has 0 radical (unpaired) electrons. The van der Waals surface area contributed by atoms with E-state index in [1.165, 1.54) is 50.5 Å². The molecule has 3 aromatic rings. The molecule has 2 saturated heterocycles. The van der Waals surface area contributed by atoms with Crippen molar-refractivity contribution in [1.82, 2.24) is 19.8 Å². The van der Waals surface area contributed by atoms with Crippen molar-refractivity contribution in [3.8, 4) is 0 Å². The van der Waals surface area contributed by atoms with Crippen molar-refractivity contribution in [1.29, 1.82) is 0 Å². The highest BCUT2D eigenvalue weighted by Crippen LogP contribution is 2.42. The van der Waals surface area contributed by atoms with Gasteiger partial charge < -0.3 is 9.88 Å². The number of benzene rings is 2. The van der Waals surface area contributed by atoms with Crippen molar-refractivity contribution in [2.24, 2.45) is 0 Å². The number of carbonyl (C=O) groups excluding carboxylic acids is 1. The number of rotatable bonds is 7. The van der Waals surface area contributed by atoms with Crippen molar-refractivity contribution >= 4 is 34.4 Å². The van der Waals surface area contributed by atoms with Gasteiger partial charge in [-0.25, -0.2) is 9.78 Å². The normalized spacial score (nSPS) is 23.8. The topological polar surface area (TPSA) is 53.4 Å². The smallest absolute Gasteiger partial charge is 0.322 e. The molecule has 3 fully saturated rings. The molecule has 2 atom stereocenters. The molecule has 2 bridgehead atoms. The molecule has 6 nitrogen and oxygen atoms in total. The summed E-state index contributed by atoms with van der Waals surface area (Å²) in [5.41, 5.74) is 4.30. The molecule has 1 aromatic heterocycles. The molecule has 208 valence electrons. The van der Waals surface area contributed by atoms with E-state index in [0.717, 1.165) is 48.4 Å². The number of halogens is 1. The lowest BCUT2D eigenvalue weighted by Crippen LogP contribution is -2.48. The van der Waals surface area contributed by atoms with Gasteiger partial charge >= 0.3 is 6.03 Å². The van der Waals surface area contributed by atoms with E-state index in [1.807, 2.05) is 30.0 Å². The van der Waals surface area contributed by atoms with E-state index in [0.29, 0.717) is 29.7 Å². The average Bonchev–Trinajstić information content (AvgIpc) is 3.39. The van der Waals surface area contributed by atoms with Gasteiger partial charge in [0.05, 0.1) is 11.0 Å². The van der Waals surface area contributed by atoms with E-state index >= 15 is 0 Å². The number of piperidine rings is 1. The summed E-state index contributed by atoms with van der Waals surface area (Å²) >= 11 is 6.49. The first-order chi connectivity index (χ1) is 19.0. The van der Waals surface area contributed by atoms with Crippen LogP contribution in [-0.2, 0) is 0 Å². The molecule has 3 heterocycles. The Morgan fingerprint density at radius 2 is 1.74 bits per heavy atom. The average molecular weight is 548 g/mol. The fourth-order valence-corrected chi connectivity index (χ4v) is 7.63. The summed E-state index contributed by atoms with van der Waals surface area (Å²) in [7, 11) is 0. The molecule has 1 N–H and O–H groups in total. The Kier molecular flexibility index (Phi) is 7.86. The van der Waals surface area contributed by atoms with Gasteiger partial charge in [-0.05, 0) is 88.6 Å². The number of hydrogen-bond donors (Lipinski definition) is 1. The predicted molar refractivity (Wildman–Crippen MR) is 160 cm³/mol. The van der Waals surface area contributed by atoms with Crippen LogP contribution in [-0.4, -0.2) is 51.7 Å². The van der Waals surface area contributed by atoms with Crippen LogP contribution in [0.3, 0.4) is 0 Å². The van der Waals surface area contributed by atoms with Gasteiger partial charge in [0.15, 0.2) is 0 Å². The quantitative estimate of drug-likeness (QED) is 0.335. The number of anilines is 1. The second-order valence-electron chi connectivity index (χ2n) is 12.0. The van der Waals surface area contributed by atoms with Gasteiger partial charge in [-0.3, -0.25) is 9.80 Å². The number of amides is 2. The number of imidazole rings is 1. The summed E-state index contributed by atoms with van der Waals surface area (Å²) in [5, 5.41) is 4.05. The Bertz CT molecular complexity index is 1300.